The molecule has 1 saturated heterocycles. The Morgan fingerprint density at radius 1 is 0.868 bits per heavy atom. The van der Waals surface area contributed by atoms with Gasteiger partial charge in [-0.3, -0.25) is 28.8 Å². The maximum atomic E-state index is 16.7. The molecule has 7 aromatic rings. The molecular weight excluding hydrogens is 926 g/mol. The summed E-state index contributed by atoms with van der Waals surface area (Å²) >= 11 is 2.49. The number of fused-ring (bicyclic) bond motifs is 1. The van der Waals surface area contributed by atoms with Gasteiger partial charge in [0.15, 0.2) is 16.1 Å². The van der Waals surface area contributed by atoms with E-state index in [1.165, 1.54) is 4.90 Å². The number of halogens is 1. The number of hydrogen-bond donors (Lipinski definition) is 2. The fraction of sp³-hybridized carbons (Fsp3) is 0.120. The molecule has 1 fully saturated rings. The molecule has 340 valence electrons. The van der Waals surface area contributed by atoms with Crippen LogP contribution in [0.3, 0.4) is 0 Å². The monoisotopic (exact) mass is 963 g/mol. The van der Waals surface area contributed by atoms with Gasteiger partial charge in [0.2, 0.25) is 17.4 Å². The third kappa shape index (κ3) is 8.71. The lowest BCUT2D eigenvalue weighted by atomic mass is 9.77. The van der Waals surface area contributed by atoms with Crippen LogP contribution in [0.1, 0.15) is 51.6 Å². The number of rotatable bonds is 18. The van der Waals surface area contributed by atoms with Gasteiger partial charge in [0.25, 0.3) is 5.91 Å². The summed E-state index contributed by atoms with van der Waals surface area (Å²) < 4.78 is 25.0. The number of carbonyl (C=O) groups excluding carboxylic acids is 5. The largest absolute Gasteiger partial charge is 0.448 e. The zero-order valence-electron chi connectivity index (χ0n) is 35.6. The summed E-state index contributed by atoms with van der Waals surface area (Å²) in [6.45, 7) is 0.0116. The zero-order valence-corrected chi connectivity index (χ0v) is 38.0. The quantitative estimate of drug-likeness (QED) is 0.0162. The Morgan fingerprint density at radius 2 is 1.43 bits per heavy atom. The van der Waals surface area contributed by atoms with Crippen molar-refractivity contribution in [3.8, 4) is 0 Å². The standard InChI is InChI=1S/C50H38FN7O7S3/c51-46-44(55-48(67-46)52-31-59)50(56-39(61)28-54-64-32-60)45(42(58-40(62)26-41(58)68-50)47(63)65-43(34-16-6-1-7-17-34)35-18-8-2-9-19-35)66-30-33-27-53-57(29-33)49(36-20-10-3-11-21-36,37-22-12-4-13-23-37)38-24-14-5-15-25-38/h1-25,27-29,31-32,41,43H,26,30H2,(H,56,61)(H,52,55,59)/b54-28-/t41-,50?/m1/s1. The van der Waals surface area contributed by atoms with Crippen molar-refractivity contribution in [2.45, 2.75) is 34.1 Å². The van der Waals surface area contributed by atoms with Crippen LogP contribution in [0.15, 0.2) is 180 Å². The number of thiazole rings is 1. The van der Waals surface area contributed by atoms with Crippen molar-refractivity contribution in [2.24, 2.45) is 5.16 Å². The number of anilines is 1. The molecule has 18 heteroatoms. The molecule has 1 unspecified atom stereocenters. The van der Waals surface area contributed by atoms with E-state index in [0.29, 0.717) is 40.7 Å². The number of oxime groups is 1. The molecule has 5 aromatic carbocycles. The van der Waals surface area contributed by atoms with Gasteiger partial charge in [0.1, 0.15) is 23.1 Å². The molecule has 2 atom stereocenters. The van der Waals surface area contributed by atoms with Gasteiger partial charge in [-0.05, 0) is 27.8 Å². The van der Waals surface area contributed by atoms with E-state index >= 15 is 9.18 Å². The number of ether oxygens (including phenoxy) is 1. The van der Waals surface area contributed by atoms with E-state index in [-0.39, 0.29) is 40.1 Å². The number of nitrogens with zero attached hydrogens (tertiary/aromatic N) is 5. The number of hydrogen-bond acceptors (Lipinski definition) is 13. The molecule has 3 amide bonds. The summed E-state index contributed by atoms with van der Waals surface area (Å²) in [5.41, 5.74) is 3.05. The van der Waals surface area contributed by atoms with E-state index in [2.05, 4.69) is 25.6 Å². The van der Waals surface area contributed by atoms with Crippen LogP contribution in [0.4, 0.5) is 9.52 Å². The molecule has 0 radical (unpaired) electrons. The van der Waals surface area contributed by atoms with E-state index in [1.807, 2.05) is 114 Å². The minimum Gasteiger partial charge on any atom is -0.448 e. The summed E-state index contributed by atoms with van der Waals surface area (Å²) in [5.74, 6) is -2.30. The minimum atomic E-state index is -2.08. The highest BCUT2D eigenvalue weighted by molar-refractivity contribution is 8.06. The Labute approximate surface area is 401 Å². The molecule has 0 saturated carbocycles. The second-order valence-electron chi connectivity index (χ2n) is 15.2. The minimum absolute atomic E-state index is 0.0116. The van der Waals surface area contributed by atoms with Gasteiger partial charge in [-0.2, -0.15) is 9.49 Å². The van der Waals surface area contributed by atoms with E-state index in [4.69, 9.17) is 9.84 Å². The molecular formula is C50H38FN7O7S3. The number of thioether (sulfide) groups is 2. The van der Waals surface area contributed by atoms with Crippen molar-refractivity contribution < 1.29 is 37.9 Å². The summed E-state index contributed by atoms with van der Waals surface area (Å²) in [7, 11) is 0. The normalized spacial score (nSPS) is 16.8. The van der Waals surface area contributed by atoms with Crippen molar-refractivity contribution in [3.05, 3.63) is 219 Å². The van der Waals surface area contributed by atoms with Gasteiger partial charge in [0.05, 0.1) is 22.9 Å². The summed E-state index contributed by atoms with van der Waals surface area (Å²) in [6, 6.07) is 47.9. The first-order valence-corrected chi connectivity index (χ1v) is 23.7. The predicted octanol–water partition coefficient (Wildman–Crippen LogP) is 8.10. The summed E-state index contributed by atoms with van der Waals surface area (Å²) in [4.78, 5) is 73.7. The molecule has 0 aliphatic carbocycles. The Morgan fingerprint density at radius 3 is 1.96 bits per heavy atom. The second-order valence-corrected chi connectivity index (χ2v) is 18.6. The molecule has 2 aliphatic rings. The van der Waals surface area contributed by atoms with E-state index in [9.17, 15) is 19.2 Å². The highest BCUT2D eigenvalue weighted by atomic mass is 32.2. The van der Waals surface area contributed by atoms with E-state index in [0.717, 1.165) is 40.2 Å². The molecule has 2 aromatic heterocycles. The SMILES string of the molecule is O=CNc1nc(C2(NC(=O)/C=N\OC=O)S[C@@H]3CC(=O)N3C(C(=O)OC(c3ccccc3)c3ccccc3)=C2SCc2cnn(C(c3ccccc3)(c3ccccc3)c3ccccc3)c2)c(F)s1. The third-order valence-corrected chi connectivity index (χ3v) is 14.9. The number of esters is 1. The van der Waals surface area contributed by atoms with Crippen molar-refractivity contribution in [1.29, 1.82) is 0 Å². The Balaban J connectivity index is 1.22. The second kappa shape index (κ2) is 20.1. The maximum Gasteiger partial charge on any atom is 0.357 e. The van der Waals surface area contributed by atoms with Crippen LogP contribution in [0.25, 0.3) is 0 Å². The van der Waals surface area contributed by atoms with Crippen LogP contribution in [0.5, 0.6) is 0 Å². The van der Waals surface area contributed by atoms with Crippen LogP contribution >= 0.6 is 34.9 Å². The van der Waals surface area contributed by atoms with Crippen molar-refractivity contribution in [1.82, 2.24) is 25.0 Å². The fourth-order valence-electron chi connectivity index (χ4n) is 8.35. The molecule has 0 spiro atoms. The van der Waals surface area contributed by atoms with Crippen molar-refractivity contribution in [3.63, 3.8) is 0 Å². The Bertz CT molecular complexity index is 2880. The molecule has 2 N–H and O–H groups in total. The third-order valence-electron chi connectivity index (χ3n) is 11.2. The van der Waals surface area contributed by atoms with Crippen molar-refractivity contribution >= 4 is 76.9 Å². The number of benzene rings is 5. The highest BCUT2D eigenvalue weighted by Crippen LogP contribution is 2.58. The number of nitrogens with one attached hydrogen (secondary N) is 2. The smallest absolute Gasteiger partial charge is 0.357 e. The van der Waals surface area contributed by atoms with Crippen LogP contribution in [0, 0.1) is 5.13 Å². The number of amides is 3. The lowest BCUT2D eigenvalue weighted by Gasteiger charge is -2.51. The van der Waals surface area contributed by atoms with Crippen LogP contribution in [-0.4, -0.2) is 61.9 Å². The average Bonchev–Trinajstić information content (AvgIpc) is 4.00. The maximum absolute atomic E-state index is 16.7. The Hall–Kier alpha value is -7.67. The van der Waals surface area contributed by atoms with Crippen LogP contribution in [0.2, 0.25) is 0 Å². The van der Waals surface area contributed by atoms with Crippen molar-refractivity contribution in [2.75, 3.05) is 5.32 Å². The first-order valence-electron chi connectivity index (χ1n) is 21.0. The van der Waals surface area contributed by atoms with Crippen LogP contribution < -0.4 is 10.6 Å². The van der Waals surface area contributed by atoms with Gasteiger partial charge in [-0.25, -0.2) is 9.78 Å². The average molecular weight is 964 g/mol. The summed E-state index contributed by atoms with van der Waals surface area (Å²) in [6.07, 6.45) is 3.50. The van der Waals surface area contributed by atoms with Gasteiger partial charge < -0.3 is 20.2 Å². The van der Waals surface area contributed by atoms with Crippen LogP contribution in [-0.2, 0) is 49.7 Å². The molecule has 9 rings (SSSR count). The molecule has 68 heavy (non-hydrogen) atoms. The number of β-lactam (4-membered cyclic amide) rings is 1. The van der Waals surface area contributed by atoms with Gasteiger partial charge >= 0.3 is 12.4 Å². The first-order chi connectivity index (χ1) is 33.3. The van der Waals surface area contributed by atoms with E-state index < -0.39 is 44.8 Å². The van der Waals surface area contributed by atoms with Gasteiger partial charge in [0, 0.05) is 17.5 Å². The number of carbonyl (C=O) groups is 5. The molecule has 14 nitrogen and oxygen atoms in total. The van der Waals surface area contributed by atoms with Gasteiger partial charge in [-0.1, -0.05) is 180 Å². The van der Waals surface area contributed by atoms with Gasteiger partial charge in [-0.15, -0.1) is 11.8 Å². The lowest BCUT2D eigenvalue weighted by molar-refractivity contribution is -0.152. The predicted molar refractivity (Wildman–Crippen MR) is 256 cm³/mol. The number of aromatic nitrogens is 3. The molecule has 2 aliphatic heterocycles. The zero-order chi connectivity index (χ0) is 47.1. The first kappa shape index (κ1) is 45.5. The fourth-order valence-corrected chi connectivity index (χ4v) is 12.1. The lowest BCUT2D eigenvalue weighted by Crippen LogP contribution is -2.61. The molecule has 4 heterocycles. The summed E-state index contributed by atoms with van der Waals surface area (Å²) in [5, 5.41) is 11.7. The Kier molecular flexibility index (Phi) is 13.4. The topological polar surface area (TPSA) is 174 Å². The van der Waals surface area contributed by atoms with E-state index in [1.54, 1.807) is 54.7 Å². The molecule has 0 bridgehead atoms. The highest BCUT2D eigenvalue weighted by Gasteiger charge is 2.59.